The van der Waals surface area contributed by atoms with Crippen LogP contribution in [0.3, 0.4) is 0 Å². The first-order valence-electron chi connectivity index (χ1n) is 10.9. The Morgan fingerprint density at radius 1 is 1.00 bits per heavy atom. The van der Waals surface area contributed by atoms with Gasteiger partial charge in [-0.15, -0.1) is 0 Å². The Hall–Kier alpha value is -3.79. The molecule has 1 N–H and O–H groups in total. The molecule has 0 saturated heterocycles. The number of carbonyl (C=O) groups excluding carboxylic acids is 3. The molecule has 3 amide bonds. The van der Waals surface area contributed by atoms with Crippen LogP contribution in [0.5, 0.6) is 0 Å². The molecule has 2 aliphatic rings. The van der Waals surface area contributed by atoms with Crippen molar-refractivity contribution in [2.45, 2.75) is 31.3 Å². The van der Waals surface area contributed by atoms with Gasteiger partial charge < -0.3 is 5.32 Å². The molecule has 2 aromatic carbocycles. The normalized spacial score (nSPS) is 16.0. The van der Waals surface area contributed by atoms with Crippen molar-refractivity contribution in [2.75, 3.05) is 11.9 Å². The number of nitrogens with one attached hydrogen (secondary N) is 1. The maximum absolute atomic E-state index is 12.8. The topological polar surface area (TPSA) is 118 Å². The lowest BCUT2D eigenvalue weighted by Gasteiger charge is -2.15. The van der Waals surface area contributed by atoms with Gasteiger partial charge in [0.2, 0.25) is 5.91 Å². The van der Waals surface area contributed by atoms with Crippen molar-refractivity contribution in [1.82, 2.24) is 14.7 Å². The van der Waals surface area contributed by atoms with Crippen LogP contribution >= 0.6 is 0 Å². The lowest BCUT2D eigenvalue weighted by molar-refractivity contribution is -0.116. The number of anilines is 1. The van der Waals surface area contributed by atoms with E-state index in [1.807, 2.05) is 31.2 Å². The molecule has 0 saturated carbocycles. The molecule has 0 atom stereocenters. The van der Waals surface area contributed by atoms with Crippen molar-refractivity contribution < 1.29 is 22.8 Å². The van der Waals surface area contributed by atoms with Gasteiger partial charge in [-0.1, -0.05) is 30.3 Å². The third kappa shape index (κ3) is 3.79. The predicted octanol–water partition coefficient (Wildman–Crippen LogP) is 2.62. The lowest BCUT2D eigenvalue weighted by Crippen LogP contribution is -2.31. The Labute approximate surface area is 196 Å². The minimum Gasteiger partial charge on any atom is -0.310 e. The van der Waals surface area contributed by atoms with Crippen LogP contribution in [-0.2, 0) is 26.1 Å². The number of hydrogen-bond acceptors (Lipinski definition) is 6. The summed E-state index contributed by atoms with van der Waals surface area (Å²) in [6.45, 7) is 2.02. The second-order valence-electron chi connectivity index (χ2n) is 8.46. The van der Waals surface area contributed by atoms with Crippen molar-refractivity contribution >= 4 is 33.4 Å². The number of aryl methyl sites for hydroxylation is 1. The van der Waals surface area contributed by atoms with E-state index >= 15 is 0 Å². The monoisotopic (exact) mass is 478 g/mol. The molecule has 10 heteroatoms. The van der Waals surface area contributed by atoms with Gasteiger partial charge in [0.15, 0.2) is 9.84 Å². The van der Waals surface area contributed by atoms with E-state index in [1.165, 1.54) is 0 Å². The second-order valence-corrected chi connectivity index (χ2v) is 10.5. The van der Waals surface area contributed by atoms with Gasteiger partial charge in [0.1, 0.15) is 5.82 Å². The number of amides is 3. The van der Waals surface area contributed by atoms with Crippen molar-refractivity contribution in [3.8, 4) is 5.69 Å². The van der Waals surface area contributed by atoms with E-state index in [1.54, 1.807) is 28.9 Å². The summed E-state index contributed by atoms with van der Waals surface area (Å²) in [4.78, 5) is 39.0. The Kier molecular flexibility index (Phi) is 5.32. The summed E-state index contributed by atoms with van der Waals surface area (Å²) < 4.78 is 25.9. The van der Waals surface area contributed by atoms with E-state index in [0.29, 0.717) is 28.2 Å². The number of carbonyl (C=O) groups is 3. The van der Waals surface area contributed by atoms with Crippen LogP contribution in [0.25, 0.3) is 5.69 Å². The Balaban J connectivity index is 1.31. The van der Waals surface area contributed by atoms with E-state index in [-0.39, 0.29) is 48.6 Å². The standard InChI is InChI=1S/C24H22N4O5S/c1-15-7-2-5-10-20(15)28-22(18-13-34(32,33)14-19(18)26-28)25-21(29)11-6-12-27-23(30)16-8-3-4-9-17(16)24(27)31/h2-5,7-10H,6,11-14H2,1H3,(H,25,29). The first-order chi connectivity index (χ1) is 16.2. The molecule has 0 spiro atoms. The largest absolute Gasteiger partial charge is 0.310 e. The summed E-state index contributed by atoms with van der Waals surface area (Å²) in [5.41, 5.74) is 3.34. The molecule has 0 fully saturated rings. The van der Waals surface area contributed by atoms with Crippen LogP contribution in [-0.4, -0.2) is 47.4 Å². The zero-order chi connectivity index (χ0) is 24.0. The minimum absolute atomic E-state index is 0.0495. The summed E-state index contributed by atoms with van der Waals surface area (Å²) in [6.07, 6.45) is 0.324. The van der Waals surface area contributed by atoms with Gasteiger partial charge >= 0.3 is 0 Å². The number of rotatable bonds is 6. The molecule has 34 heavy (non-hydrogen) atoms. The average Bonchev–Trinajstić information content (AvgIpc) is 3.36. The fraction of sp³-hybridized carbons (Fsp3) is 0.250. The number of para-hydroxylation sites is 1. The number of benzene rings is 2. The Bertz CT molecular complexity index is 1420. The summed E-state index contributed by atoms with van der Waals surface area (Å²) in [5, 5.41) is 7.31. The van der Waals surface area contributed by atoms with Crippen molar-refractivity contribution in [3.63, 3.8) is 0 Å². The van der Waals surface area contributed by atoms with Gasteiger partial charge in [0.25, 0.3) is 11.8 Å². The minimum atomic E-state index is -3.30. The van der Waals surface area contributed by atoms with E-state index in [2.05, 4.69) is 10.4 Å². The van der Waals surface area contributed by atoms with Crippen LogP contribution in [0, 0.1) is 6.92 Å². The maximum Gasteiger partial charge on any atom is 0.261 e. The number of imide groups is 1. The molecule has 174 valence electrons. The molecule has 0 radical (unpaired) electrons. The van der Waals surface area contributed by atoms with Gasteiger partial charge in [-0.2, -0.15) is 5.10 Å². The highest BCUT2D eigenvalue weighted by Gasteiger charge is 2.35. The smallest absolute Gasteiger partial charge is 0.261 e. The van der Waals surface area contributed by atoms with E-state index < -0.39 is 9.84 Å². The highest BCUT2D eigenvalue weighted by atomic mass is 32.2. The summed E-state index contributed by atoms with van der Waals surface area (Å²) in [6, 6.07) is 14.1. The molecule has 3 heterocycles. The molecule has 2 aliphatic heterocycles. The molecule has 9 nitrogen and oxygen atoms in total. The number of fused-ring (bicyclic) bond motifs is 2. The fourth-order valence-corrected chi connectivity index (χ4v) is 5.87. The fourth-order valence-electron chi connectivity index (χ4n) is 4.38. The van der Waals surface area contributed by atoms with Crippen molar-refractivity contribution in [2.24, 2.45) is 0 Å². The number of sulfone groups is 1. The van der Waals surface area contributed by atoms with Gasteiger partial charge in [-0.05, 0) is 37.1 Å². The van der Waals surface area contributed by atoms with Gasteiger partial charge in [0.05, 0.1) is 34.0 Å². The van der Waals surface area contributed by atoms with Crippen LogP contribution in [0.4, 0.5) is 5.82 Å². The quantitative estimate of drug-likeness (QED) is 0.544. The van der Waals surface area contributed by atoms with Crippen LogP contribution in [0.15, 0.2) is 48.5 Å². The van der Waals surface area contributed by atoms with Crippen LogP contribution < -0.4 is 5.32 Å². The molecular formula is C24H22N4O5S. The molecule has 5 rings (SSSR count). The van der Waals surface area contributed by atoms with Crippen LogP contribution in [0.2, 0.25) is 0 Å². The Morgan fingerprint density at radius 2 is 1.65 bits per heavy atom. The SMILES string of the molecule is Cc1ccccc1-n1nc2c(c1NC(=O)CCCN1C(=O)c3ccccc3C1=O)CS(=O)(=O)C2. The molecule has 0 bridgehead atoms. The highest BCUT2D eigenvalue weighted by molar-refractivity contribution is 7.90. The lowest BCUT2D eigenvalue weighted by atomic mass is 10.1. The summed E-state index contributed by atoms with van der Waals surface area (Å²) >= 11 is 0. The molecule has 1 aromatic heterocycles. The van der Waals surface area contributed by atoms with E-state index in [9.17, 15) is 22.8 Å². The molecule has 0 aliphatic carbocycles. The third-order valence-corrected chi connectivity index (χ3v) is 7.49. The van der Waals surface area contributed by atoms with Gasteiger partial charge in [-0.25, -0.2) is 13.1 Å². The van der Waals surface area contributed by atoms with Crippen molar-refractivity contribution in [1.29, 1.82) is 0 Å². The van der Waals surface area contributed by atoms with E-state index in [0.717, 1.165) is 16.2 Å². The summed E-state index contributed by atoms with van der Waals surface area (Å²) in [5.74, 6) is -1.07. The summed E-state index contributed by atoms with van der Waals surface area (Å²) in [7, 11) is -3.30. The van der Waals surface area contributed by atoms with Crippen molar-refractivity contribution in [3.05, 3.63) is 76.5 Å². The zero-order valence-electron chi connectivity index (χ0n) is 18.4. The average molecular weight is 479 g/mol. The molecule has 3 aromatic rings. The first-order valence-corrected chi connectivity index (χ1v) is 12.7. The number of aromatic nitrogens is 2. The predicted molar refractivity (Wildman–Crippen MR) is 124 cm³/mol. The van der Waals surface area contributed by atoms with Gasteiger partial charge in [-0.3, -0.25) is 19.3 Å². The maximum atomic E-state index is 12.8. The Morgan fingerprint density at radius 3 is 2.32 bits per heavy atom. The number of nitrogens with zero attached hydrogens (tertiary/aromatic N) is 3. The van der Waals surface area contributed by atoms with E-state index in [4.69, 9.17) is 0 Å². The second kappa shape index (κ2) is 8.21. The highest BCUT2D eigenvalue weighted by Crippen LogP contribution is 2.33. The van der Waals surface area contributed by atoms with Gasteiger partial charge in [0, 0.05) is 18.5 Å². The zero-order valence-corrected chi connectivity index (χ0v) is 19.3. The van der Waals surface area contributed by atoms with Crippen LogP contribution in [0.1, 0.15) is 50.4 Å². The first kappa shape index (κ1) is 22.0. The third-order valence-electron chi connectivity index (χ3n) is 6.05. The molecule has 0 unspecified atom stereocenters. The number of hydrogen-bond donors (Lipinski definition) is 1. The molecular weight excluding hydrogens is 456 g/mol.